The number of ether oxygens (including phenoxy) is 2. The molecule has 0 radical (unpaired) electrons. The van der Waals surface area contributed by atoms with Crippen molar-refractivity contribution in [1.29, 1.82) is 0 Å². The number of amides is 3. The summed E-state index contributed by atoms with van der Waals surface area (Å²) in [5, 5.41) is 20.7. The van der Waals surface area contributed by atoms with Crippen LogP contribution >= 0.6 is 0 Å². The third kappa shape index (κ3) is 9.10. The number of hydrogen-bond donors (Lipinski definition) is 3. The Morgan fingerprint density at radius 1 is 1.10 bits per heavy atom. The predicted molar refractivity (Wildman–Crippen MR) is 181 cm³/mol. The van der Waals surface area contributed by atoms with Crippen molar-refractivity contribution in [2.45, 2.75) is 90.9 Å². The number of aliphatic hydroxyl groups is 1. The van der Waals surface area contributed by atoms with Crippen molar-refractivity contribution < 1.29 is 41.6 Å². The number of carbonyl (C=O) groups excluding carboxylic acids is 2. The number of hydrogen-bond acceptors (Lipinski definition) is 11. The van der Waals surface area contributed by atoms with E-state index in [2.05, 4.69) is 20.4 Å². The number of benzene rings is 1. The van der Waals surface area contributed by atoms with Crippen LogP contribution in [0.4, 0.5) is 16.2 Å². The minimum absolute atomic E-state index is 0.0791. The number of likely N-dealkylation sites (N-methyl/N-ethyl adjacent to an activating group) is 1. The first-order valence-electron chi connectivity index (χ1n) is 16.4. The molecule has 1 aliphatic heterocycles. The number of aryl methyl sites for hydroxylation is 4. The van der Waals surface area contributed by atoms with Gasteiger partial charge < -0.3 is 38.7 Å². The lowest BCUT2D eigenvalue weighted by Crippen LogP contribution is -2.48. The average Bonchev–Trinajstić information content (AvgIpc) is 3.56. The van der Waals surface area contributed by atoms with E-state index in [0.29, 0.717) is 35.9 Å². The van der Waals surface area contributed by atoms with Gasteiger partial charge in [-0.25, -0.2) is 13.2 Å². The molecule has 1 aliphatic rings. The first kappa shape index (κ1) is 37.7. The zero-order valence-electron chi connectivity index (χ0n) is 29.4. The molecule has 0 saturated heterocycles. The smallest absolute Gasteiger partial charge is 0.321 e. The highest BCUT2D eigenvalue weighted by molar-refractivity contribution is 7.92. The van der Waals surface area contributed by atoms with Gasteiger partial charge in [0.05, 0.1) is 30.4 Å². The molecule has 3 aromatic rings. The fraction of sp³-hybridized carbons (Fsp3) is 0.576. The van der Waals surface area contributed by atoms with Crippen molar-refractivity contribution >= 4 is 33.3 Å². The Kier molecular flexibility index (Phi) is 12.3. The van der Waals surface area contributed by atoms with E-state index in [1.165, 1.54) is 35.8 Å². The molecule has 1 aromatic carbocycles. The maximum Gasteiger partial charge on any atom is 0.321 e. The van der Waals surface area contributed by atoms with Crippen LogP contribution < -0.4 is 14.8 Å². The lowest BCUT2D eigenvalue weighted by molar-refractivity contribution is -0.0115. The van der Waals surface area contributed by atoms with Gasteiger partial charge in [0.1, 0.15) is 22.8 Å². The summed E-state index contributed by atoms with van der Waals surface area (Å²) >= 11 is 0. The van der Waals surface area contributed by atoms with Gasteiger partial charge in [-0.3, -0.25) is 9.52 Å². The van der Waals surface area contributed by atoms with Crippen LogP contribution in [0, 0.1) is 33.6 Å². The Morgan fingerprint density at radius 3 is 2.43 bits per heavy atom. The van der Waals surface area contributed by atoms with Gasteiger partial charge in [-0.2, -0.15) is 0 Å². The number of aromatic nitrogens is 2. The van der Waals surface area contributed by atoms with Crippen LogP contribution in [0.5, 0.6) is 5.75 Å². The number of carbonyl (C=O) groups is 2. The number of anilines is 2. The van der Waals surface area contributed by atoms with E-state index in [0.717, 1.165) is 12.8 Å². The van der Waals surface area contributed by atoms with Crippen molar-refractivity contribution in [2.24, 2.45) is 5.92 Å². The highest BCUT2D eigenvalue weighted by Crippen LogP contribution is 2.30. The third-order valence-corrected chi connectivity index (χ3v) is 10.2. The Labute approximate surface area is 287 Å². The molecular formula is C33H48N6O9S. The SMILES string of the molecule is Cc1noc(C)c1NC(=O)N(C)C[C@@H]1OCCCC[C@H](C)Oc2ccc(NS(=O)(=O)c3c(C)noc3C)cc2C(=O)N([C@@H](C)CO)C[C@H]1C. The van der Waals surface area contributed by atoms with E-state index in [-0.39, 0.29) is 65.3 Å². The molecule has 0 fully saturated rings. The molecule has 49 heavy (non-hydrogen) atoms. The van der Waals surface area contributed by atoms with Crippen LogP contribution in [-0.2, 0) is 14.8 Å². The molecule has 4 atom stereocenters. The minimum atomic E-state index is -4.10. The van der Waals surface area contributed by atoms with Gasteiger partial charge in [0.2, 0.25) is 0 Å². The van der Waals surface area contributed by atoms with Gasteiger partial charge in [-0.1, -0.05) is 17.2 Å². The van der Waals surface area contributed by atoms with Crippen molar-refractivity contribution in [3.05, 3.63) is 46.7 Å². The molecule has 15 nitrogen and oxygen atoms in total. The van der Waals surface area contributed by atoms with Crippen molar-refractivity contribution in [3.63, 3.8) is 0 Å². The van der Waals surface area contributed by atoms with Gasteiger partial charge in [0.15, 0.2) is 16.4 Å². The van der Waals surface area contributed by atoms with Crippen LogP contribution in [0.25, 0.3) is 0 Å². The summed E-state index contributed by atoms with van der Waals surface area (Å²) in [6, 6.07) is 3.57. The highest BCUT2D eigenvalue weighted by atomic mass is 32.2. The van der Waals surface area contributed by atoms with Crippen LogP contribution in [0.1, 0.15) is 73.3 Å². The second-order valence-corrected chi connectivity index (χ2v) is 14.4. The van der Waals surface area contributed by atoms with Crippen LogP contribution in [0.3, 0.4) is 0 Å². The predicted octanol–water partition coefficient (Wildman–Crippen LogP) is 4.66. The number of sulfonamides is 1. The number of urea groups is 1. The standard InChI is InChI=1S/C33H48N6O9S/c1-19-16-39(20(2)18-40)32(41)27-15-26(37-49(43,44)31-23(5)36-48-25(31)7)12-13-28(27)46-21(3)11-9-10-14-45-29(19)17-38(8)33(42)34-30-22(4)35-47-24(30)6/h12-13,15,19-21,29,37,40H,9-11,14,16-18H2,1-8H3,(H,34,42)/t19-,20+,21+,29+/m1/s1. The highest BCUT2D eigenvalue weighted by Gasteiger charge is 2.32. The monoisotopic (exact) mass is 704 g/mol. The quantitative estimate of drug-likeness (QED) is 0.296. The van der Waals surface area contributed by atoms with Gasteiger partial charge >= 0.3 is 6.03 Å². The molecule has 3 amide bonds. The summed E-state index contributed by atoms with van der Waals surface area (Å²) in [4.78, 5) is 30.5. The summed E-state index contributed by atoms with van der Waals surface area (Å²) in [5.41, 5.74) is 1.54. The maximum absolute atomic E-state index is 14.4. The lowest BCUT2D eigenvalue weighted by Gasteiger charge is -2.35. The van der Waals surface area contributed by atoms with Gasteiger partial charge in [0.25, 0.3) is 15.9 Å². The van der Waals surface area contributed by atoms with Gasteiger partial charge in [-0.15, -0.1) is 0 Å². The van der Waals surface area contributed by atoms with Crippen LogP contribution in [-0.4, -0.2) is 97.2 Å². The van der Waals surface area contributed by atoms with Crippen LogP contribution in [0.2, 0.25) is 0 Å². The molecule has 0 saturated carbocycles. The Balaban J connectivity index is 1.64. The first-order valence-corrected chi connectivity index (χ1v) is 17.9. The molecule has 3 heterocycles. The van der Waals surface area contributed by atoms with Crippen molar-refractivity contribution in [2.75, 3.05) is 43.4 Å². The minimum Gasteiger partial charge on any atom is -0.490 e. The fourth-order valence-corrected chi connectivity index (χ4v) is 7.11. The lowest BCUT2D eigenvalue weighted by atomic mass is 10.0. The normalized spacial score (nSPS) is 20.1. The zero-order chi connectivity index (χ0) is 36.0. The molecule has 16 heteroatoms. The molecule has 2 aromatic heterocycles. The summed E-state index contributed by atoms with van der Waals surface area (Å²) in [5.74, 6) is 0.166. The molecular weight excluding hydrogens is 656 g/mol. The van der Waals surface area contributed by atoms with Crippen molar-refractivity contribution in [1.82, 2.24) is 20.1 Å². The van der Waals surface area contributed by atoms with E-state index in [9.17, 15) is 23.1 Å². The van der Waals surface area contributed by atoms with E-state index >= 15 is 0 Å². The summed E-state index contributed by atoms with van der Waals surface area (Å²) in [6.45, 7) is 12.5. The third-order valence-electron chi connectivity index (χ3n) is 8.61. The summed E-state index contributed by atoms with van der Waals surface area (Å²) in [7, 11) is -2.44. The molecule has 270 valence electrons. The van der Waals surface area contributed by atoms with Crippen LogP contribution in [0.15, 0.2) is 32.1 Å². The van der Waals surface area contributed by atoms with E-state index in [1.54, 1.807) is 33.9 Å². The molecule has 0 unspecified atom stereocenters. The Hall–Kier alpha value is -4.15. The molecule has 0 spiro atoms. The van der Waals surface area contributed by atoms with E-state index < -0.39 is 28.1 Å². The fourth-order valence-electron chi connectivity index (χ4n) is 5.73. The molecule has 4 rings (SSSR count). The van der Waals surface area contributed by atoms with Crippen molar-refractivity contribution in [3.8, 4) is 5.75 Å². The number of rotatable bonds is 8. The zero-order valence-corrected chi connectivity index (χ0v) is 30.2. The molecule has 3 N–H and O–H groups in total. The number of nitrogens with one attached hydrogen (secondary N) is 2. The molecule has 0 aliphatic carbocycles. The second kappa shape index (κ2) is 16.0. The maximum atomic E-state index is 14.4. The van der Waals surface area contributed by atoms with Gasteiger partial charge in [-0.05, 0) is 79.0 Å². The first-order chi connectivity index (χ1) is 23.1. The number of aliphatic hydroxyl groups excluding tert-OH is 1. The number of nitrogens with zero attached hydrogens (tertiary/aromatic N) is 4. The topological polar surface area (TPSA) is 190 Å². The average molecular weight is 705 g/mol. The second-order valence-electron chi connectivity index (χ2n) is 12.8. The Bertz CT molecular complexity index is 1680. The summed E-state index contributed by atoms with van der Waals surface area (Å²) in [6.07, 6.45) is 1.48. The largest absolute Gasteiger partial charge is 0.490 e. The Morgan fingerprint density at radius 2 is 1.80 bits per heavy atom. The number of fused-ring (bicyclic) bond motifs is 1. The molecule has 0 bridgehead atoms. The van der Waals surface area contributed by atoms with E-state index in [4.69, 9.17) is 18.5 Å². The van der Waals surface area contributed by atoms with E-state index in [1.807, 2.05) is 13.8 Å². The van der Waals surface area contributed by atoms with Gasteiger partial charge in [0, 0.05) is 38.3 Å². The summed E-state index contributed by atoms with van der Waals surface area (Å²) < 4.78 is 52.0.